The van der Waals surface area contributed by atoms with Gasteiger partial charge in [0.1, 0.15) is 0 Å². The van der Waals surface area contributed by atoms with Crippen LogP contribution in [-0.2, 0) is 11.3 Å². The number of anilines is 1. The van der Waals surface area contributed by atoms with Gasteiger partial charge >= 0.3 is 0 Å². The average Bonchev–Trinajstić information content (AvgIpc) is 2.71. The SMILES string of the molecule is CNCCC(=O)Nc1ccn(CCN(C)C)n1.Cl.Cl. The molecule has 0 unspecified atom stereocenters. The number of likely N-dealkylation sites (N-methyl/N-ethyl adjacent to an activating group) is 1. The fourth-order valence-electron chi connectivity index (χ4n) is 1.30. The molecule has 1 aromatic rings. The molecule has 1 amide bonds. The number of nitrogens with one attached hydrogen (secondary N) is 2. The summed E-state index contributed by atoms with van der Waals surface area (Å²) in [6.07, 6.45) is 2.33. The van der Waals surface area contributed by atoms with Gasteiger partial charge in [-0.2, -0.15) is 5.10 Å². The second-order valence-corrected chi connectivity index (χ2v) is 4.17. The van der Waals surface area contributed by atoms with E-state index in [0.29, 0.717) is 18.8 Å². The smallest absolute Gasteiger partial charge is 0.226 e. The number of hydrogen-bond donors (Lipinski definition) is 2. The van der Waals surface area contributed by atoms with E-state index < -0.39 is 0 Å². The van der Waals surface area contributed by atoms with E-state index in [1.165, 1.54) is 0 Å². The zero-order valence-corrected chi connectivity index (χ0v) is 13.2. The topological polar surface area (TPSA) is 62.2 Å². The Hall–Kier alpha value is -0.820. The van der Waals surface area contributed by atoms with Crippen molar-refractivity contribution in [1.29, 1.82) is 0 Å². The third-order valence-electron chi connectivity index (χ3n) is 2.29. The molecule has 0 aromatic carbocycles. The van der Waals surface area contributed by atoms with E-state index in [4.69, 9.17) is 0 Å². The van der Waals surface area contributed by atoms with Crippen LogP contribution in [-0.4, -0.2) is 54.8 Å². The highest BCUT2D eigenvalue weighted by Gasteiger charge is 2.04. The van der Waals surface area contributed by atoms with Crippen LogP contribution in [0, 0.1) is 0 Å². The van der Waals surface area contributed by atoms with Crippen molar-refractivity contribution in [2.24, 2.45) is 0 Å². The number of amides is 1. The number of halogens is 2. The maximum atomic E-state index is 11.4. The Labute approximate surface area is 126 Å². The molecule has 1 aromatic heterocycles. The first kappa shape index (κ1) is 20.5. The quantitative estimate of drug-likeness (QED) is 0.783. The van der Waals surface area contributed by atoms with Crippen LogP contribution in [0.5, 0.6) is 0 Å². The first-order chi connectivity index (χ1) is 8.11. The van der Waals surface area contributed by atoms with Gasteiger partial charge in [0, 0.05) is 31.8 Å². The predicted molar refractivity (Wildman–Crippen MR) is 82.5 cm³/mol. The van der Waals surface area contributed by atoms with Crippen LogP contribution < -0.4 is 10.6 Å². The largest absolute Gasteiger partial charge is 0.319 e. The second-order valence-electron chi connectivity index (χ2n) is 4.17. The van der Waals surface area contributed by atoms with E-state index in [1.807, 2.05) is 38.1 Å². The molecular formula is C11H23Cl2N5O. The lowest BCUT2D eigenvalue weighted by molar-refractivity contribution is -0.116. The third-order valence-corrected chi connectivity index (χ3v) is 2.29. The summed E-state index contributed by atoms with van der Waals surface area (Å²) in [4.78, 5) is 13.5. The Balaban J connectivity index is 0. The molecule has 0 spiro atoms. The van der Waals surface area contributed by atoms with Crippen LogP contribution in [0.2, 0.25) is 0 Å². The predicted octanol–water partition coefficient (Wildman–Crippen LogP) is 0.836. The molecule has 0 aliphatic rings. The van der Waals surface area contributed by atoms with Gasteiger partial charge in [0.2, 0.25) is 5.91 Å². The summed E-state index contributed by atoms with van der Waals surface area (Å²) in [7, 11) is 5.86. The number of carbonyl (C=O) groups is 1. The fourth-order valence-corrected chi connectivity index (χ4v) is 1.30. The summed E-state index contributed by atoms with van der Waals surface area (Å²) >= 11 is 0. The van der Waals surface area contributed by atoms with Crippen LogP contribution in [0.3, 0.4) is 0 Å². The summed E-state index contributed by atoms with van der Waals surface area (Å²) in [5.41, 5.74) is 0. The molecule has 0 fully saturated rings. The second kappa shape index (κ2) is 11.0. The summed E-state index contributed by atoms with van der Waals surface area (Å²) in [6, 6.07) is 1.81. The van der Waals surface area contributed by atoms with Crippen molar-refractivity contribution in [3.63, 3.8) is 0 Å². The van der Waals surface area contributed by atoms with Crippen molar-refractivity contribution in [2.75, 3.05) is 39.5 Å². The van der Waals surface area contributed by atoms with Gasteiger partial charge in [-0.3, -0.25) is 9.48 Å². The Bertz CT molecular complexity index is 357. The first-order valence-electron chi connectivity index (χ1n) is 5.74. The van der Waals surface area contributed by atoms with E-state index in [9.17, 15) is 4.79 Å². The molecule has 0 saturated carbocycles. The Kier molecular flexibility index (Phi) is 11.9. The minimum absolute atomic E-state index is 0. The average molecular weight is 312 g/mol. The van der Waals surface area contributed by atoms with Crippen LogP contribution in [0.15, 0.2) is 12.3 Å². The molecule has 0 radical (unpaired) electrons. The lowest BCUT2D eigenvalue weighted by atomic mass is 10.4. The maximum Gasteiger partial charge on any atom is 0.226 e. The highest BCUT2D eigenvalue weighted by molar-refractivity contribution is 5.89. The molecule has 2 N–H and O–H groups in total. The van der Waals surface area contributed by atoms with Gasteiger partial charge in [-0.1, -0.05) is 0 Å². The van der Waals surface area contributed by atoms with Crippen LogP contribution >= 0.6 is 24.8 Å². The summed E-state index contributed by atoms with van der Waals surface area (Å²) < 4.78 is 1.83. The number of rotatable bonds is 7. The molecule has 1 rings (SSSR count). The van der Waals surface area contributed by atoms with E-state index in [-0.39, 0.29) is 30.7 Å². The van der Waals surface area contributed by atoms with Crippen molar-refractivity contribution in [2.45, 2.75) is 13.0 Å². The van der Waals surface area contributed by atoms with Crippen LogP contribution in [0.1, 0.15) is 6.42 Å². The molecule has 0 saturated heterocycles. The third kappa shape index (κ3) is 8.83. The molecule has 8 heteroatoms. The van der Waals surface area contributed by atoms with Gasteiger partial charge < -0.3 is 15.5 Å². The standard InChI is InChI=1S/C11H21N5O.2ClH/c1-12-6-4-11(17)13-10-5-7-16(14-10)9-8-15(2)3;;/h5,7,12H,4,6,8-9H2,1-3H3,(H,13,14,17);2*1H. The van der Waals surface area contributed by atoms with Crippen molar-refractivity contribution in [3.05, 3.63) is 12.3 Å². The summed E-state index contributed by atoms with van der Waals surface area (Å²) in [5, 5.41) is 9.96. The number of carbonyl (C=O) groups excluding carboxylic acids is 1. The Morgan fingerprint density at radius 3 is 2.68 bits per heavy atom. The monoisotopic (exact) mass is 311 g/mol. The molecule has 19 heavy (non-hydrogen) atoms. The first-order valence-corrected chi connectivity index (χ1v) is 5.74. The van der Waals surface area contributed by atoms with Crippen LogP contribution in [0.4, 0.5) is 5.82 Å². The minimum atomic E-state index is -0.0165. The van der Waals surface area contributed by atoms with E-state index in [2.05, 4.69) is 20.6 Å². The van der Waals surface area contributed by atoms with Crippen LogP contribution in [0.25, 0.3) is 0 Å². The zero-order valence-electron chi connectivity index (χ0n) is 11.5. The van der Waals surface area contributed by atoms with Gasteiger partial charge in [0.05, 0.1) is 6.54 Å². The van der Waals surface area contributed by atoms with Gasteiger partial charge in [0.15, 0.2) is 5.82 Å². The molecule has 1 heterocycles. The molecule has 112 valence electrons. The highest BCUT2D eigenvalue weighted by atomic mass is 35.5. The molecule has 0 atom stereocenters. The lowest BCUT2D eigenvalue weighted by Gasteiger charge is -2.08. The minimum Gasteiger partial charge on any atom is -0.319 e. The van der Waals surface area contributed by atoms with Gasteiger partial charge in [0.25, 0.3) is 0 Å². The summed E-state index contributed by atoms with van der Waals surface area (Å²) in [6.45, 7) is 2.42. The number of nitrogens with zero attached hydrogens (tertiary/aromatic N) is 3. The number of hydrogen-bond acceptors (Lipinski definition) is 4. The molecule has 6 nitrogen and oxygen atoms in total. The highest BCUT2D eigenvalue weighted by Crippen LogP contribution is 2.02. The Morgan fingerprint density at radius 2 is 2.11 bits per heavy atom. The fraction of sp³-hybridized carbons (Fsp3) is 0.636. The van der Waals surface area contributed by atoms with Gasteiger partial charge in [-0.25, -0.2) is 0 Å². The van der Waals surface area contributed by atoms with Crippen molar-refractivity contribution < 1.29 is 4.79 Å². The Morgan fingerprint density at radius 1 is 1.42 bits per heavy atom. The lowest BCUT2D eigenvalue weighted by Crippen LogP contribution is -2.20. The van der Waals surface area contributed by atoms with E-state index in [0.717, 1.165) is 13.1 Å². The van der Waals surface area contributed by atoms with Crippen molar-refractivity contribution in [1.82, 2.24) is 20.0 Å². The molecular weight excluding hydrogens is 289 g/mol. The van der Waals surface area contributed by atoms with Crippen molar-refractivity contribution >= 4 is 36.5 Å². The maximum absolute atomic E-state index is 11.4. The summed E-state index contributed by atoms with van der Waals surface area (Å²) in [5.74, 6) is 0.599. The van der Waals surface area contributed by atoms with Gasteiger partial charge in [-0.15, -0.1) is 24.8 Å². The number of aromatic nitrogens is 2. The molecule has 0 aliphatic heterocycles. The molecule has 0 aliphatic carbocycles. The normalized spacial score (nSPS) is 9.68. The van der Waals surface area contributed by atoms with E-state index in [1.54, 1.807) is 0 Å². The zero-order chi connectivity index (χ0) is 12.7. The van der Waals surface area contributed by atoms with Gasteiger partial charge in [-0.05, 0) is 21.1 Å². The van der Waals surface area contributed by atoms with Crippen molar-refractivity contribution in [3.8, 4) is 0 Å². The van der Waals surface area contributed by atoms with E-state index >= 15 is 0 Å². The molecule has 0 bridgehead atoms.